The lowest BCUT2D eigenvalue weighted by atomic mass is 10.2. The first-order chi connectivity index (χ1) is 14.6. The lowest BCUT2D eigenvalue weighted by Gasteiger charge is -2.09. The van der Waals surface area contributed by atoms with Crippen LogP contribution in [0.4, 0.5) is 5.69 Å². The molecule has 0 spiro atoms. The number of hydrogen-bond acceptors (Lipinski definition) is 4. The monoisotopic (exact) mass is 418 g/mol. The van der Waals surface area contributed by atoms with E-state index in [1.165, 1.54) is 0 Å². The van der Waals surface area contributed by atoms with Crippen molar-refractivity contribution in [2.75, 3.05) is 5.32 Å². The molecular formula is C23H19ClN4O2. The predicted octanol–water partition coefficient (Wildman–Crippen LogP) is 5.06. The third-order valence-electron chi connectivity index (χ3n) is 4.53. The molecule has 0 fully saturated rings. The van der Waals surface area contributed by atoms with Gasteiger partial charge in [-0.3, -0.25) is 9.78 Å². The minimum atomic E-state index is -0.245. The van der Waals surface area contributed by atoms with Crippen LogP contribution in [0, 0.1) is 6.92 Å². The van der Waals surface area contributed by atoms with Gasteiger partial charge in [0.15, 0.2) is 0 Å². The van der Waals surface area contributed by atoms with Crippen LogP contribution in [0.15, 0.2) is 79.3 Å². The summed E-state index contributed by atoms with van der Waals surface area (Å²) in [6.45, 7) is 2.24. The molecule has 0 bridgehead atoms. The van der Waals surface area contributed by atoms with E-state index in [1.807, 2.05) is 49.4 Å². The number of nitrogens with one attached hydrogen (secondary N) is 1. The molecule has 6 nitrogen and oxygen atoms in total. The average molecular weight is 419 g/mol. The van der Waals surface area contributed by atoms with Gasteiger partial charge in [-0.1, -0.05) is 29.8 Å². The van der Waals surface area contributed by atoms with Gasteiger partial charge in [-0.05, 0) is 43.3 Å². The zero-order valence-corrected chi connectivity index (χ0v) is 17.0. The molecule has 0 unspecified atom stereocenters. The summed E-state index contributed by atoms with van der Waals surface area (Å²) >= 11 is 6.07. The first-order valence-electron chi connectivity index (χ1n) is 9.34. The Hall–Kier alpha value is -3.64. The Morgan fingerprint density at radius 3 is 2.77 bits per heavy atom. The summed E-state index contributed by atoms with van der Waals surface area (Å²) in [5, 5.41) is 7.85. The van der Waals surface area contributed by atoms with Crippen molar-refractivity contribution >= 4 is 23.2 Å². The number of carbonyl (C=O) groups excluding carboxylic acids is 1. The maximum atomic E-state index is 12.8. The third-order valence-corrected chi connectivity index (χ3v) is 4.76. The van der Waals surface area contributed by atoms with Crippen molar-refractivity contribution in [1.82, 2.24) is 14.8 Å². The molecule has 0 atom stereocenters. The van der Waals surface area contributed by atoms with Crippen molar-refractivity contribution in [3.8, 4) is 11.4 Å². The number of carbonyl (C=O) groups is 1. The lowest BCUT2D eigenvalue weighted by molar-refractivity contribution is 0.102. The maximum absolute atomic E-state index is 12.8. The van der Waals surface area contributed by atoms with Crippen LogP contribution < -0.4 is 10.1 Å². The van der Waals surface area contributed by atoms with Crippen LogP contribution in [0.2, 0.25) is 5.02 Å². The van der Waals surface area contributed by atoms with Gasteiger partial charge in [0.2, 0.25) is 0 Å². The number of nitrogens with zero attached hydrogens (tertiary/aromatic N) is 3. The van der Waals surface area contributed by atoms with Crippen molar-refractivity contribution in [2.45, 2.75) is 13.5 Å². The summed E-state index contributed by atoms with van der Waals surface area (Å²) in [6, 6.07) is 18.4. The largest absolute Gasteiger partial charge is 0.489 e. The van der Waals surface area contributed by atoms with Gasteiger partial charge in [-0.25, -0.2) is 4.68 Å². The fourth-order valence-corrected chi connectivity index (χ4v) is 3.20. The zero-order valence-electron chi connectivity index (χ0n) is 16.2. The summed E-state index contributed by atoms with van der Waals surface area (Å²) in [4.78, 5) is 16.9. The summed E-state index contributed by atoms with van der Waals surface area (Å²) in [7, 11) is 0. The Labute approximate surface area is 179 Å². The van der Waals surface area contributed by atoms with E-state index in [1.54, 1.807) is 41.5 Å². The molecule has 0 saturated heterocycles. The third kappa shape index (κ3) is 4.50. The molecule has 2 heterocycles. The molecule has 0 aliphatic heterocycles. The van der Waals surface area contributed by atoms with E-state index in [2.05, 4.69) is 15.4 Å². The molecule has 0 radical (unpaired) electrons. The molecule has 1 amide bonds. The summed E-state index contributed by atoms with van der Waals surface area (Å²) in [5.41, 5.74) is 3.61. The molecule has 4 aromatic rings. The van der Waals surface area contributed by atoms with Gasteiger partial charge in [0.25, 0.3) is 5.91 Å². The Kier molecular flexibility index (Phi) is 5.77. The van der Waals surface area contributed by atoms with Gasteiger partial charge < -0.3 is 10.1 Å². The number of aromatic nitrogens is 3. The second kappa shape index (κ2) is 8.80. The number of benzene rings is 2. The Balaban J connectivity index is 1.47. The topological polar surface area (TPSA) is 69.0 Å². The van der Waals surface area contributed by atoms with Crippen LogP contribution in [-0.2, 0) is 6.61 Å². The van der Waals surface area contributed by atoms with Crippen molar-refractivity contribution < 1.29 is 9.53 Å². The summed E-state index contributed by atoms with van der Waals surface area (Å²) in [6.07, 6.45) is 5.02. The fourth-order valence-electron chi connectivity index (χ4n) is 3.01. The minimum absolute atomic E-state index is 0.245. The molecule has 30 heavy (non-hydrogen) atoms. The predicted molar refractivity (Wildman–Crippen MR) is 116 cm³/mol. The van der Waals surface area contributed by atoms with E-state index in [9.17, 15) is 4.79 Å². The van der Waals surface area contributed by atoms with Crippen LogP contribution in [-0.4, -0.2) is 20.7 Å². The lowest BCUT2D eigenvalue weighted by Crippen LogP contribution is -2.13. The van der Waals surface area contributed by atoms with Gasteiger partial charge >= 0.3 is 0 Å². The molecule has 2 aromatic carbocycles. The van der Waals surface area contributed by atoms with Crippen LogP contribution in [0.1, 0.15) is 21.6 Å². The minimum Gasteiger partial charge on any atom is -0.489 e. The van der Waals surface area contributed by atoms with E-state index in [0.29, 0.717) is 28.6 Å². The smallest absolute Gasteiger partial charge is 0.259 e. The van der Waals surface area contributed by atoms with Gasteiger partial charge in [-0.15, -0.1) is 0 Å². The summed E-state index contributed by atoms with van der Waals surface area (Å²) < 4.78 is 7.49. The molecule has 4 rings (SSSR count). The molecule has 1 N–H and O–H groups in total. The SMILES string of the molecule is Cc1c(C(=O)Nc2cccc(OCc3cccnc3)c2)cnn1-c1cccc(Cl)c1. The second-order valence-electron chi connectivity index (χ2n) is 6.67. The number of pyridine rings is 1. The quantitative estimate of drug-likeness (QED) is 0.475. The number of amides is 1. The van der Waals surface area contributed by atoms with Gasteiger partial charge in [0.1, 0.15) is 12.4 Å². The van der Waals surface area contributed by atoms with Crippen LogP contribution in [0.25, 0.3) is 5.69 Å². The molecule has 7 heteroatoms. The van der Waals surface area contributed by atoms with E-state index in [0.717, 1.165) is 16.9 Å². The fraction of sp³-hybridized carbons (Fsp3) is 0.0870. The molecule has 150 valence electrons. The highest BCUT2D eigenvalue weighted by atomic mass is 35.5. The van der Waals surface area contributed by atoms with Crippen LogP contribution >= 0.6 is 11.6 Å². The normalized spacial score (nSPS) is 10.6. The second-order valence-corrected chi connectivity index (χ2v) is 7.10. The van der Waals surface area contributed by atoms with E-state index in [-0.39, 0.29) is 5.91 Å². The van der Waals surface area contributed by atoms with Crippen LogP contribution in [0.5, 0.6) is 5.75 Å². The molecule has 0 aliphatic rings. The Morgan fingerprint density at radius 2 is 1.97 bits per heavy atom. The van der Waals surface area contributed by atoms with Crippen molar-refractivity contribution in [3.05, 3.63) is 101 Å². The molecule has 0 saturated carbocycles. The van der Waals surface area contributed by atoms with E-state index in [4.69, 9.17) is 16.3 Å². The van der Waals surface area contributed by atoms with Crippen molar-refractivity contribution in [1.29, 1.82) is 0 Å². The highest BCUT2D eigenvalue weighted by Gasteiger charge is 2.16. The first kappa shape index (κ1) is 19.7. The number of rotatable bonds is 6. The number of anilines is 1. The van der Waals surface area contributed by atoms with E-state index < -0.39 is 0 Å². The Bertz CT molecular complexity index is 1170. The molecule has 0 aliphatic carbocycles. The van der Waals surface area contributed by atoms with Crippen LogP contribution in [0.3, 0.4) is 0 Å². The summed E-state index contributed by atoms with van der Waals surface area (Å²) in [5.74, 6) is 0.410. The number of hydrogen-bond donors (Lipinski definition) is 1. The van der Waals surface area contributed by atoms with E-state index >= 15 is 0 Å². The molecule has 2 aromatic heterocycles. The highest BCUT2D eigenvalue weighted by molar-refractivity contribution is 6.30. The highest BCUT2D eigenvalue weighted by Crippen LogP contribution is 2.21. The maximum Gasteiger partial charge on any atom is 0.259 e. The molecular weight excluding hydrogens is 400 g/mol. The van der Waals surface area contributed by atoms with Gasteiger partial charge in [0, 0.05) is 34.7 Å². The van der Waals surface area contributed by atoms with Gasteiger partial charge in [0.05, 0.1) is 23.1 Å². The van der Waals surface area contributed by atoms with Crippen molar-refractivity contribution in [3.63, 3.8) is 0 Å². The van der Waals surface area contributed by atoms with Gasteiger partial charge in [-0.2, -0.15) is 5.10 Å². The Morgan fingerprint density at radius 1 is 1.10 bits per heavy atom. The van der Waals surface area contributed by atoms with Crippen molar-refractivity contribution in [2.24, 2.45) is 0 Å². The zero-order chi connectivity index (χ0) is 20.9. The number of halogens is 1. The first-order valence-corrected chi connectivity index (χ1v) is 9.71. The standard InChI is InChI=1S/C23H19ClN4O2/c1-16-22(14-26-28(16)20-8-2-6-18(24)11-20)23(29)27-19-7-3-9-21(12-19)30-15-17-5-4-10-25-13-17/h2-14H,15H2,1H3,(H,27,29). The average Bonchev–Trinajstić information content (AvgIpc) is 3.15. The number of ether oxygens (including phenoxy) is 1.